The number of hydrogen-bond acceptors (Lipinski definition) is 2. The van der Waals surface area contributed by atoms with Gasteiger partial charge in [-0.25, -0.2) is 0 Å². The third-order valence-electron chi connectivity index (χ3n) is 2.50. The average Bonchev–Trinajstić information content (AvgIpc) is 2.41. The van der Waals surface area contributed by atoms with Crippen molar-refractivity contribution in [1.29, 1.82) is 0 Å². The molecule has 0 unspecified atom stereocenters. The van der Waals surface area contributed by atoms with Crippen LogP contribution in [-0.2, 0) is 6.54 Å². The van der Waals surface area contributed by atoms with Crippen molar-refractivity contribution in [2.75, 3.05) is 0 Å². The summed E-state index contributed by atoms with van der Waals surface area (Å²) < 4.78 is 39.7. The molecule has 2 rings (SSSR count). The smallest absolute Gasteiger partial charge is 0.274 e. The number of hydrogen-bond donors (Lipinski definition) is 0. The molecule has 2 aromatic rings. The van der Waals surface area contributed by atoms with Crippen LogP contribution >= 0.6 is 15.9 Å². The number of rotatable bonds is 3. The molecule has 0 saturated heterocycles. The van der Waals surface area contributed by atoms with Crippen LogP contribution in [0.15, 0.2) is 58.1 Å². The summed E-state index contributed by atoms with van der Waals surface area (Å²) in [4.78, 5) is 7.44. The zero-order valence-electron chi connectivity index (χ0n) is 10.2. The van der Waals surface area contributed by atoms with Crippen molar-refractivity contribution in [3.05, 3.63) is 64.4 Å². The van der Waals surface area contributed by atoms with Crippen LogP contribution < -0.4 is 0 Å². The van der Waals surface area contributed by atoms with E-state index in [-0.39, 0.29) is 12.2 Å². The van der Waals surface area contributed by atoms with Crippen molar-refractivity contribution in [3.8, 4) is 0 Å². The zero-order valence-corrected chi connectivity index (χ0v) is 11.8. The van der Waals surface area contributed by atoms with Gasteiger partial charge in [0.2, 0.25) is 0 Å². The van der Waals surface area contributed by atoms with Crippen LogP contribution in [0, 0.1) is 0 Å². The monoisotopic (exact) mass is 342 g/mol. The standard InChI is InChI=1S/C14H10BrF3N2/c15-11-6-7-12(19-9-11)13(14(16,17)18)20-8-10-4-2-1-3-5-10/h1-7,9H,8H2/b20-13+. The Hall–Kier alpha value is -1.69. The van der Waals surface area contributed by atoms with E-state index in [0.29, 0.717) is 10.0 Å². The van der Waals surface area contributed by atoms with Crippen molar-refractivity contribution < 1.29 is 13.2 Å². The zero-order chi connectivity index (χ0) is 14.6. The molecular weight excluding hydrogens is 333 g/mol. The molecule has 20 heavy (non-hydrogen) atoms. The van der Waals surface area contributed by atoms with Gasteiger partial charge in [0, 0.05) is 10.7 Å². The molecule has 104 valence electrons. The molecule has 0 saturated carbocycles. The first kappa shape index (κ1) is 14.7. The van der Waals surface area contributed by atoms with Gasteiger partial charge >= 0.3 is 6.18 Å². The van der Waals surface area contributed by atoms with Gasteiger partial charge in [-0.05, 0) is 33.6 Å². The summed E-state index contributed by atoms with van der Waals surface area (Å²) in [6.07, 6.45) is -3.21. The van der Waals surface area contributed by atoms with E-state index in [0.717, 1.165) is 0 Å². The van der Waals surface area contributed by atoms with E-state index in [1.54, 1.807) is 30.3 Å². The first-order valence-corrected chi connectivity index (χ1v) is 6.53. The maximum atomic E-state index is 13.0. The maximum Gasteiger partial charge on any atom is 0.435 e. The third-order valence-corrected chi connectivity index (χ3v) is 2.97. The molecule has 0 atom stereocenters. The Kier molecular flexibility index (Phi) is 4.54. The summed E-state index contributed by atoms with van der Waals surface area (Å²) >= 11 is 3.14. The van der Waals surface area contributed by atoms with Crippen molar-refractivity contribution >= 4 is 21.6 Å². The van der Waals surface area contributed by atoms with Crippen molar-refractivity contribution in [1.82, 2.24) is 4.98 Å². The average molecular weight is 343 g/mol. The number of benzene rings is 1. The summed E-state index contributed by atoms with van der Waals surface area (Å²) in [6.45, 7) is -0.0343. The Morgan fingerprint density at radius 2 is 1.80 bits per heavy atom. The molecule has 1 aromatic heterocycles. The van der Waals surface area contributed by atoms with Gasteiger partial charge in [0.1, 0.15) is 0 Å². The van der Waals surface area contributed by atoms with Crippen molar-refractivity contribution in [2.24, 2.45) is 4.99 Å². The minimum atomic E-state index is -4.53. The predicted octanol–water partition coefficient (Wildman–Crippen LogP) is 4.40. The van der Waals surface area contributed by atoms with Crippen molar-refractivity contribution in [2.45, 2.75) is 12.7 Å². The van der Waals surface area contributed by atoms with Gasteiger partial charge in [0.05, 0.1) is 12.2 Å². The van der Waals surface area contributed by atoms with E-state index >= 15 is 0 Å². The minimum absolute atomic E-state index is 0.0343. The first-order chi connectivity index (χ1) is 9.47. The van der Waals surface area contributed by atoms with Crippen LogP contribution in [0.1, 0.15) is 11.3 Å². The van der Waals surface area contributed by atoms with E-state index in [4.69, 9.17) is 0 Å². The topological polar surface area (TPSA) is 25.2 Å². The van der Waals surface area contributed by atoms with Crippen molar-refractivity contribution in [3.63, 3.8) is 0 Å². The number of pyridine rings is 1. The highest BCUT2D eigenvalue weighted by atomic mass is 79.9. The Bertz CT molecular complexity index is 592. The second-order valence-corrected chi connectivity index (χ2v) is 4.93. The maximum absolute atomic E-state index is 13.0. The van der Waals surface area contributed by atoms with E-state index in [1.807, 2.05) is 0 Å². The molecule has 0 radical (unpaired) electrons. The molecule has 0 aliphatic carbocycles. The molecule has 0 aliphatic rings. The molecule has 0 fully saturated rings. The fourth-order valence-electron chi connectivity index (χ4n) is 1.59. The Balaban J connectivity index is 2.31. The lowest BCUT2D eigenvalue weighted by molar-refractivity contribution is -0.0584. The lowest BCUT2D eigenvalue weighted by Crippen LogP contribution is -2.25. The van der Waals surface area contributed by atoms with E-state index in [2.05, 4.69) is 25.9 Å². The first-order valence-electron chi connectivity index (χ1n) is 5.74. The van der Waals surface area contributed by atoms with Gasteiger partial charge < -0.3 is 0 Å². The van der Waals surface area contributed by atoms with Crippen LogP contribution in [0.25, 0.3) is 0 Å². The van der Waals surface area contributed by atoms with Gasteiger partial charge in [-0.15, -0.1) is 0 Å². The molecule has 0 amide bonds. The molecule has 6 heteroatoms. The van der Waals surface area contributed by atoms with Crippen LogP contribution in [0.5, 0.6) is 0 Å². The van der Waals surface area contributed by atoms with Crippen LogP contribution in [-0.4, -0.2) is 16.9 Å². The molecular formula is C14H10BrF3N2. The number of aliphatic imine (C=N–C) groups is 1. The lowest BCUT2D eigenvalue weighted by atomic mass is 10.2. The summed E-state index contributed by atoms with van der Waals surface area (Å²) in [5, 5.41) is 0. The highest BCUT2D eigenvalue weighted by molar-refractivity contribution is 9.10. The fourth-order valence-corrected chi connectivity index (χ4v) is 1.82. The summed E-state index contributed by atoms with van der Waals surface area (Å²) in [7, 11) is 0. The normalized spacial score (nSPS) is 12.5. The minimum Gasteiger partial charge on any atom is -0.274 e. The number of alkyl halides is 3. The Morgan fingerprint density at radius 1 is 1.10 bits per heavy atom. The van der Waals surface area contributed by atoms with E-state index in [9.17, 15) is 13.2 Å². The largest absolute Gasteiger partial charge is 0.435 e. The molecule has 0 bridgehead atoms. The summed E-state index contributed by atoms with van der Waals surface area (Å²) in [5.41, 5.74) is -0.433. The van der Waals surface area contributed by atoms with Crippen LogP contribution in [0.2, 0.25) is 0 Å². The molecule has 1 aromatic carbocycles. The Morgan fingerprint density at radius 3 is 2.35 bits per heavy atom. The lowest BCUT2D eigenvalue weighted by Gasteiger charge is -2.10. The summed E-state index contributed by atoms with van der Waals surface area (Å²) in [5.74, 6) is 0. The molecule has 0 spiro atoms. The fraction of sp³-hybridized carbons (Fsp3) is 0.143. The predicted molar refractivity (Wildman–Crippen MR) is 74.7 cm³/mol. The van der Waals surface area contributed by atoms with Gasteiger partial charge in [-0.2, -0.15) is 13.2 Å². The molecule has 0 aliphatic heterocycles. The SMILES string of the molecule is FC(F)(F)/C(=N/Cc1ccccc1)c1ccc(Br)cn1. The third kappa shape index (κ3) is 3.90. The van der Waals surface area contributed by atoms with Gasteiger partial charge in [-0.3, -0.25) is 9.98 Å². The second-order valence-electron chi connectivity index (χ2n) is 4.01. The summed E-state index contributed by atoms with van der Waals surface area (Å²) in [6, 6.07) is 11.6. The molecule has 1 heterocycles. The molecule has 2 nitrogen and oxygen atoms in total. The van der Waals surface area contributed by atoms with Gasteiger partial charge in [0.25, 0.3) is 0 Å². The van der Waals surface area contributed by atoms with Crippen LogP contribution in [0.3, 0.4) is 0 Å². The number of halogens is 4. The van der Waals surface area contributed by atoms with Crippen LogP contribution in [0.4, 0.5) is 13.2 Å². The highest BCUT2D eigenvalue weighted by Crippen LogP contribution is 2.23. The van der Waals surface area contributed by atoms with Gasteiger partial charge in [0.15, 0.2) is 5.71 Å². The van der Waals surface area contributed by atoms with E-state index in [1.165, 1.54) is 18.3 Å². The number of nitrogens with zero attached hydrogens (tertiary/aromatic N) is 2. The molecule has 0 N–H and O–H groups in total. The second kappa shape index (κ2) is 6.17. The Labute approximate surface area is 122 Å². The highest BCUT2D eigenvalue weighted by Gasteiger charge is 2.37. The number of aromatic nitrogens is 1. The van der Waals surface area contributed by atoms with E-state index < -0.39 is 11.9 Å². The van der Waals surface area contributed by atoms with Gasteiger partial charge in [-0.1, -0.05) is 30.3 Å². The quantitative estimate of drug-likeness (QED) is 0.759.